The summed E-state index contributed by atoms with van der Waals surface area (Å²) in [6, 6.07) is 6.91. The molecule has 1 aromatic heterocycles. The van der Waals surface area contributed by atoms with Crippen LogP contribution in [0.1, 0.15) is 26.4 Å². The van der Waals surface area contributed by atoms with Crippen molar-refractivity contribution in [2.75, 3.05) is 19.4 Å². The first kappa shape index (κ1) is 13.8. The molecule has 0 unspecified atom stereocenters. The Morgan fingerprint density at radius 2 is 1.90 bits per heavy atom. The first-order valence-electron chi connectivity index (χ1n) is 6.12. The fourth-order valence-electron chi connectivity index (χ4n) is 1.79. The molecule has 2 amide bonds. The number of nitrogens with one attached hydrogen (secondary N) is 2. The second-order valence-electron chi connectivity index (χ2n) is 4.61. The SMILES string of the molecule is Cc1[nH]ncc1C(=O)Nc1ccccc1C(=O)N(C)C. The highest BCUT2D eigenvalue weighted by Gasteiger charge is 2.16. The van der Waals surface area contributed by atoms with E-state index in [2.05, 4.69) is 15.5 Å². The number of anilines is 1. The lowest BCUT2D eigenvalue weighted by Gasteiger charge is -2.14. The van der Waals surface area contributed by atoms with Gasteiger partial charge in [-0.25, -0.2) is 0 Å². The molecule has 6 nitrogen and oxygen atoms in total. The predicted molar refractivity (Wildman–Crippen MR) is 75.7 cm³/mol. The van der Waals surface area contributed by atoms with Crippen LogP contribution in [-0.2, 0) is 0 Å². The third-order valence-corrected chi connectivity index (χ3v) is 2.89. The number of hydrogen-bond donors (Lipinski definition) is 2. The Morgan fingerprint density at radius 1 is 1.20 bits per heavy atom. The molecule has 0 saturated heterocycles. The molecule has 20 heavy (non-hydrogen) atoms. The van der Waals surface area contributed by atoms with Crippen molar-refractivity contribution in [2.45, 2.75) is 6.92 Å². The molecule has 0 aliphatic rings. The highest BCUT2D eigenvalue weighted by atomic mass is 16.2. The van der Waals surface area contributed by atoms with E-state index >= 15 is 0 Å². The fraction of sp³-hybridized carbons (Fsp3) is 0.214. The summed E-state index contributed by atoms with van der Waals surface area (Å²) in [5.74, 6) is -0.458. The molecule has 1 heterocycles. The van der Waals surface area contributed by atoms with Crippen molar-refractivity contribution in [3.63, 3.8) is 0 Å². The van der Waals surface area contributed by atoms with Gasteiger partial charge in [0.25, 0.3) is 11.8 Å². The van der Waals surface area contributed by atoms with Crippen molar-refractivity contribution in [3.8, 4) is 0 Å². The van der Waals surface area contributed by atoms with Gasteiger partial charge in [0.05, 0.1) is 23.0 Å². The highest BCUT2D eigenvalue weighted by Crippen LogP contribution is 2.18. The summed E-state index contributed by atoms with van der Waals surface area (Å²) in [7, 11) is 3.34. The second-order valence-corrected chi connectivity index (χ2v) is 4.61. The summed E-state index contributed by atoms with van der Waals surface area (Å²) in [6.45, 7) is 1.76. The number of rotatable bonds is 3. The minimum absolute atomic E-state index is 0.162. The number of aryl methyl sites for hydroxylation is 1. The van der Waals surface area contributed by atoms with Crippen LogP contribution < -0.4 is 5.32 Å². The maximum Gasteiger partial charge on any atom is 0.259 e. The second kappa shape index (κ2) is 5.56. The van der Waals surface area contributed by atoms with Crippen molar-refractivity contribution in [1.82, 2.24) is 15.1 Å². The summed E-state index contributed by atoms with van der Waals surface area (Å²) in [6.07, 6.45) is 1.46. The Bertz CT molecular complexity index is 646. The maximum absolute atomic E-state index is 12.1. The molecule has 0 aliphatic carbocycles. The molecule has 104 valence electrons. The lowest BCUT2D eigenvalue weighted by atomic mass is 10.1. The molecule has 2 rings (SSSR count). The van der Waals surface area contributed by atoms with Gasteiger partial charge in [0.2, 0.25) is 0 Å². The number of aromatic nitrogens is 2. The summed E-state index contributed by atoms with van der Waals surface area (Å²) < 4.78 is 0. The normalized spacial score (nSPS) is 10.2. The molecule has 0 fully saturated rings. The van der Waals surface area contributed by atoms with E-state index in [1.54, 1.807) is 45.3 Å². The van der Waals surface area contributed by atoms with Crippen LogP contribution in [-0.4, -0.2) is 41.0 Å². The molecule has 0 atom stereocenters. The predicted octanol–water partition coefficient (Wildman–Crippen LogP) is 1.67. The monoisotopic (exact) mass is 272 g/mol. The largest absolute Gasteiger partial charge is 0.345 e. The third kappa shape index (κ3) is 2.69. The van der Waals surface area contributed by atoms with Gasteiger partial charge in [-0.1, -0.05) is 12.1 Å². The van der Waals surface area contributed by atoms with Crippen LogP contribution in [0.15, 0.2) is 30.5 Å². The van der Waals surface area contributed by atoms with Crippen LogP contribution in [0.3, 0.4) is 0 Å². The van der Waals surface area contributed by atoms with Gasteiger partial charge < -0.3 is 10.2 Å². The van der Waals surface area contributed by atoms with E-state index in [0.29, 0.717) is 22.5 Å². The van der Waals surface area contributed by atoms with Crippen molar-refractivity contribution >= 4 is 17.5 Å². The van der Waals surface area contributed by atoms with Crippen molar-refractivity contribution < 1.29 is 9.59 Å². The zero-order valence-corrected chi connectivity index (χ0v) is 11.6. The number of nitrogens with zero attached hydrogens (tertiary/aromatic N) is 2. The number of carbonyl (C=O) groups excluding carboxylic acids is 2. The average Bonchev–Trinajstić information content (AvgIpc) is 2.84. The maximum atomic E-state index is 12.1. The Hall–Kier alpha value is -2.63. The molecule has 0 aliphatic heterocycles. The van der Waals surface area contributed by atoms with Crippen LogP contribution in [0, 0.1) is 6.92 Å². The van der Waals surface area contributed by atoms with Gasteiger partial charge in [0, 0.05) is 19.8 Å². The smallest absolute Gasteiger partial charge is 0.259 e. The topological polar surface area (TPSA) is 78.1 Å². The summed E-state index contributed by atoms with van der Waals surface area (Å²) >= 11 is 0. The summed E-state index contributed by atoms with van der Waals surface area (Å²) in [5, 5.41) is 9.26. The van der Waals surface area contributed by atoms with Gasteiger partial charge in [0.1, 0.15) is 0 Å². The molecule has 1 aromatic carbocycles. The van der Waals surface area contributed by atoms with E-state index in [0.717, 1.165) is 0 Å². The van der Waals surface area contributed by atoms with E-state index in [9.17, 15) is 9.59 Å². The fourth-order valence-corrected chi connectivity index (χ4v) is 1.79. The zero-order chi connectivity index (χ0) is 14.7. The molecule has 6 heteroatoms. The Morgan fingerprint density at radius 3 is 2.50 bits per heavy atom. The summed E-state index contributed by atoms with van der Waals surface area (Å²) in [5.41, 5.74) is 2.07. The Labute approximate surface area is 116 Å². The molecule has 2 N–H and O–H groups in total. The van der Waals surface area contributed by atoms with E-state index in [-0.39, 0.29) is 11.8 Å². The number of amides is 2. The number of H-pyrrole nitrogens is 1. The van der Waals surface area contributed by atoms with Crippen LogP contribution in [0.2, 0.25) is 0 Å². The van der Waals surface area contributed by atoms with Crippen LogP contribution in [0.5, 0.6) is 0 Å². The minimum Gasteiger partial charge on any atom is -0.345 e. The number of benzene rings is 1. The van der Waals surface area contributed by atoms with Gasteiger partial charge in [-0.3, -0.25) is 14.7 Å². The van der Waals surface area contributed by atoms with E-state index in [1.165, 1.54) is 11.1 Å². The van der Waals surface area contributed by atoms with Crippen molar-refractivity contribution in [1.29, 1.82) is 0 Å². The standard InChI is InChI=1S/C14H16N4O2/c1-9-11(8-15-17-9)13(19)16-12-7-5-4-6-10(12)14(20)18(2)3/h4-8H,1-3H3,(H,15,17)(H,16,19). The molecule has 2 aromatic rings. The molecule has 0 bridgehead atoms. The van der Waals surface area contributed by atoms with Gasteiger partial charge in [0.15, 0.2) is 0 Å². The Balaban J connectivity index is 2.28. The van der Waals surface area contributed by atoms with Crippen molar-refractivity contribution in [3.05, 3.63) is 47.3 Å². The van der Waals surface area contributed by atoms with Gasteiger partial charge in [-0.2, -0.15) is 5.10 Å². The van der Waals surface area contributed by atoms with Crippen LogP contribution >= 0.6 is 0 Å². The Kier molecular flexibility index (Phi) is 3.84. The van der Waals surface area contributed by atoms with Gasteiger partial charge in [-0.05, 0) is 19.1 Å². The van der Waals surface area contributed by atoms with Crippen molar-refractivity contribution in [2.24, 2.45) is 0 Å². The number of aromatic amines is 1. The van der Waals surface area contributed by atoms with Gasteiger partial charge >= 0.3 is 0 Å². The van der Waals surface area contributed by atoms with Crippen LogP contribution in [0.4, 0.5) is 5.69 Å². The quantitative estimate of drug-likeness (QED) is 0.892. The highest BCUT2D eigenvalue weighted by molar-refractivity contribution is 6.09. The summed E-state index contributed by atoms with van der Waals surface area (Å²) in [4.78, 5) is 25.7. The van der Waals surface area contributed by atoms with E-state index in [4.69, 9.17) is 0 Å². The molecule has 0 saturated carbocycles. The molecular weight excluding hydrogens is 256 g/mol. The number of para-hydroxylation sites is 1. The lowest BCUT2D eigenvalue weighted by Crippen LogP contribution is -2.24. The number of hydrogen-bond acceptors (Lipinski definition) is 3. The van der Waals surface area contributed by atoms with Gasteiger partial charge in [-0.15, -0.1) is 0 Å². The molecular formula is C14H16N4O2. The third-order valence-electron chi connectivity index (χ3n) is 2.89. The van der Waals surface area contributed by atoms with E-state index in [1.807, 2.05) is 0 Å². The minimum atomic E-state index is -0.296. The first-order chi connectivity index (χ1) is 9.50. The van der Waals surface area contributed by atoms with Crippen LogP contribution in [0.25, 0.3) is 0 Å². The molecule has 0 radical (unpaired) electrons. The average molecular weight is 272 g/mol. The lowest BCUT2D eigenvalue weighted by molar-refractivity contribution is 0.0828. The zero-order valence-electron chi connectivity index (χ0n) is 11.6. The number of carbonyl (C=O) groups is 2. The first-order valence-corrected chi connectivity index (χ1v) is 6.12. The molecule has 0 spiro atoms. The van der Waals surface area contributed by atoms with E-state index < -0.39 is 0 Å².